The van der Waals surface area contributed by atoms with Gasteiger partial charge in [0, 0.05) is 38.6 Å². The zero-order valence-electron chi connectivity index (χ0n) is 15.6. The summed E-state index contributed by atoms with van der Waals surface area (Å²) < 4.78 is 15.3. The minimum Gasteiger partial charge on any atom is -0.337 e. The van der Waals surface area contributed by atoms with E-state index in [1.807, 2.05) is 0 Å². The van der Waals surface area contributed by atoms with Crippen molar-refractivity contribution in [1.82, 2.24) is 19.2 Å². The zero-order chi connectivity index (χ0) is 20.4. The van der Waals surface area contributed by atoms with Crippen molar-refractivity contribution in [2.45, 2.75) is 6.42 Å². The third-order valence-corrected chi connectivity index (χ3v) is 5.02. The Hall–Kier alpha value is -3.55. The molecule has 0 saturated carbocycles. The zero-order valence-corrected chi connectivity index (χ0v) is 15.6. The van der Waals surface area contributed by atoms with Crippen LogP contribution in [-0.4, -0.2) is 57.2 Å². The number of pyridine rings is 1. The summed E-state index contributed by atoms with van der Waals surface area (Å²) in [5, 5.41) is 0. The van der Waals surface area contributed by atoms with E-state index in [2.05, 4.69) is 4.98 Å². The molecule has 148 valence electrons. The largest absolute Gasteiger partial charge is 0.337 e. The quantitative estimate of drug-likeness (QED) is 0.665. The normalized spacial score (nSPS) is 14.7. The van der Waals surface area contributed by atoms with E-state index in [0.29, 0.717) is 25.2 Å². The fourth-order valence-electron chi connectivity index (χ4n) is 3.47. The van der Waals surface area contributed by atoms with Crippen molar-refractivity contribution < 1.29 is 14.0 Å². The molecule has 1 aliphatic rings. The summed E-state index contributed by atoms with van der Waals surface area (Å²) in [4.78, 5) is 45.5. The number of hydrogen-bond donors (Lipinski definition) is 0. The molecule has 0 unspecified atom stereocenters. The van der Waals surface area contributed by atoms with E-state index >= 15 is 0 Å². The van der Waals surface area contributed by atoms with Crippen LogP contribution >= 0.6 is 0 Å². The Morgan fingerprint density at radius 2 is 1.52 bits per heavy atom. The number of carbonyl (C=O) groups excluding carboxylic acids is 2. The number of benzene rings is 1. The standard InChI is InChI=1S/C21H19FN4O3/c22-17-7-2-1-6-15(17)19(27)24-9-5-10-25(13-12-24)20(28)16-14-23-18-8-3-4-11-26(18)21(16)29/h1-4,6-8,11,14H,5,9-10,12-13H2. The summed E-state index contributed by atoms with van der Waals surface area (Å²) in [6.07, 6.45) is 3.40. The fraction of sp³-hybridized carbons (Fsp3) is 0.238. The highest BCUT2D eigenvalue weighted by Gasteiger charge is 2.26. The van der Waals surface area contributed by atoms with Crippen molar-refractivity contribution in [1.29, 1.82) is 0 Å². The van der Waals surface area contributed by atoms with Gasteiger partial charge in [-0.2, -0.15) is 0 Å². The van der Waals surface area contributed by atoms with Crippen molar-refractivity contribution in [3.8, 4) is 0 Å². The van der Waals surface area contributed by atoms with Gasteiger partial charge < -0.3 is 9.80 Å². The van der Waals surface area contributed by atoms with E-state index in [1.165, 1.54) is 33.7 Å². The Morgan fingerprint density at radius 3 is 2.24 bits per heavy atom. The molecule has 2 amide bonds. The van der Waals surface area contributed by atoms with Gasteiger partial charge >= 0.3 is 0 Å². The predicted octanol–water partition coefficient (Wildman–Crippen LogP) is 1.82. The molecule has 3 aromatic rings. The van der Waals surface area contributed by atoms with Gasteiger partial charge in [0.15, 0.2) is 0 Å². The van der Waals surface area contributed by atoms with Gasteiger partial charge in [-0.3, -0.25) is 18.8 Å². The van der Waals surface area contributed by atoms with Crippen molar-refractivity contribution in [2.24, 2.45) is 0 Å². The van der Waals surface area contributed by atoms with Gasteiger partial charge in [-0.15, -0.1) is 0 Å². The van der Waals surface area contributed by atoms with Crippen LogP contribution in [0, 0.1) is 5.82 Å². The number of aromatic nitrogens is 2. The van der Waals surface area contributed by atoms with Crippen LogP contribution in [0.4, 0.5) is 4.39 Å². The summed E-state index contributed by atoms with van der Waals surface area (Å²) in [6.45, 7) is 1.33. The molecule has 8 heteroatoms. The molecule has 1 saturated heterocycles. The molecule has 0 aliphatic carbocycles. The first-order valence-corrected chi connectivity index (χ1v) is 9.36. The molecule has 1 aromatic carbocycles. The second kappa shape index (κ2) is 7.83. The molecule has 29 heavy (non-hydrogen) atoms. The highest BCUT2D eigenvalue weighted by molar-refractivity contribution is 5.95. The molecular weight excluding hydrogens is 375 g/mol. The van der Waals surface area contributed by atoms with E-state index in [0.717, 1.165) is 0 Å². The fourth-order valence-corrected chi connectivity index (χ4v) is 3.47. The number of rotatable bonds is 2. The molecule has 0 spiro atoms. The van der Waals surface area contributed by atoms with Gasteiger partial charge in [-0.25, -0.2) is 9.37 Å². The molecule has 0 atom stereocenters. The summed E-state index contributed by atoms with van der Waals surface area (Å²) in [6, 6.07) is 11.0. The number of amides is 2. The van der Waals surface area contributed by atoms with Gasteiger partial charge in [0.1, 0.15) is 17.0 Å². The molecular formula is C21H19FN4O3. The van der Waals surface area contributed by atoms with Crippen LogP contribution in [0.3, 0.4) is 0 Å². The van der Waals surface area contributed by atoms with Crippen LogP contribution in [0.2, 0.25) is 0 Å². The predicted molar refractivity (Wildman–Crippen MR) is 104 cm³/mol. The summed E-state index contributed by atoms with van der Waals surface area (Å²) in [5.41, 5.74) is 0.0440. The molecule has 0 N–H and O–H groups in total. The number of hydrogen-bond acceptors (Lipinski definition) is 4. The van der Waals surface area contributed by atoms with Crippen molar-refractivity contribution in [2.75, 3.05) is 26.2 Å². The Morgan fingerprint density at radius 1 is 0.862 bits per heavy atom. The monoisotopic (exact) mass is 394 g/mol. The Bertz CT molecular complexity index is 1140. The van der Waals surface area contributed by atoms with Crippen molar-refractivity contribution in [3.05, 3.63) is 82.2 Å². The minimum absolute atomic E-state index is 0.0115. The number of nitrogens with zero attached hydrogens (tertiary/aromatic N) is 4. The molecule has 3 heterocycles. The maximum Gasteiger partial charge on any atom is 0.270 e. The number of carbonyl (C=O) groups is 2. The summed E-state index contributed by atoms with van der Waals surface area (Å²) in [5.74, 6) is -1.38. The number of halogens is 1. The topological polar surface area (TPSA) is 75.0 Å². The minimum atomic E-state index is -0.565. The van der Waals surface area contributed by atoms with E-state index in [-0.39, 0.29) is 24.2 Å². The average Bonchev–Trinajstić information content (AvgIpc) is 3.00. The van der Waals surface area contributed by atoms with Crippen LogP contribution in [0.25, 0.3) is 5.65 Å². The first-order chi connectivity index (χ1) is 14.1. The van der Waals surface area contributed by atoms with Crippen LogP contribution in [-0.2, 0) is 0 Å². The van der Waals surface area contributed by atoms with E-state index in [1.54, 1.807) is 35.4 Å². The second-order valence-corrected chi connectivity index (χ2v) is 6.82. The van der Waals surface area contributed by atoms with Gasteiger partial charge in [-0.1, -0.05) is 18.2 Å². The lowest BCUT2D eigenvalue weighted by atomic mass is 10.2. The summed E-state index contributed by atoms with van der Waals surface area (Å²) >= 11 is 0. The maximum atomic E-state index is 13.9. The Kier molecular flexibility index (Phi) is 5.07. The third kappa shape index (κ3) is 3.61. The average molecular weight is 394 g/mol. The van der Waals surface area contributed by atoms with Crippen LogP contribution in [0.15, 0.2) is 59.7 Å². The van der Waals surface area contributed by atoms with E-state index in [4.69, 9.17) is 0 Å². The molecule has 1 fully saturated rings. The number of fused-ring (bicyclic) bond motifs is 1. The van der Waals surface area contributed by atoms with Crippen LogP contribution in [0.5, 0.6) is 0 Å². The smallest absolute Gasteiger partial charge is 0.270 e. The first kappa shape index (κ1) is 18.8. The van der Waals surface area contributed by atoms with Crippen molar-refractivity contribution in [3.63, 3.8) is 0 Å². The lowest BCUT2D eigenvalue weighted by molar-refractivity contribution is 0.0715. The molecule has 4 rings (SSSR count). The third-order valence-electron chi connectivity index (χ3n) is 5.02. The molecule has 7 nitrogen and oxygen atoms in total. The van der Waals surface area contributed by atoms with Gasteiger partial charge in [0.05, 0.1) is 5.56 Å². The van der Waals surface area contributed by atoms with Crippen molar-refractivity contribution >= 4 is 17.5 Å². The second-order valence-electron chi connectivity index (χ2n) is 6.82. The lowest BCUT2D eigenvalue weighted by Crippen LogP contribution is -2.39. The van der Waals surface area contributed by atoms with Gasteiger partial charge in [-0.05, 0) is 30.7 Å². The van der Waals surface area contributed by atoms with Gasteiger partial charge in [0.25, 0.3) is 17.4 Å². The Balaban J connectivity index is 1.52. The first-order valence-electron chi connectivity index (χ1n) is 9.36. The van der Waals surface area contributed by atoms with Crippen LogP contribution < -0.4 is 5.56 Å². The highest BCUT2D eigenvalue weighted by Crippen LogP contribution is 2.13. The molecule has 1 aliphatic heterocycles. The SMILES string of the molecule is O=C(c1ccccc1F)N1CCCN(C(=O)c2cnc3ccccn3c2=O)CC1. The maximum absolute atomic E-state index is 13.9. The van der Waals surface area contributed by atoms with E-state index < -0.39 is 23.2 Å². The molecule has 2 aromatic heterocycles. The highest BCUT2D eigenvalue weighted by atomic mass is 19.1. The van der Waals surface area contributed by atoms with Gasteiger partial charge in [0.2, 0.25) is 0 Å². The molecule has 0 bridgehead atoms. The molecule has 0 radical (unpaired) electrons. The lowest BCUT2D eigenvalue weighted by Gasteiger charge is -2.22. The van der Waals surface area contributed by atoms with Crippen LogP contribution in [0.1, 0.15) is 27.1 Å². The van der Waals surface area contributed by atoms with E-state index in [9.17, 15) is 18.8 Å². The Labute approximate surface area is 166 Å². The summed E-state index contributed by atoms with van der Waals surface area (Å²) in [7, 11) is 0.